The maximum atomic E-state index is 12.9. The van der Waals surface area contributed by atoms with Gasteiger partial charge in [0.25, 0.3) is 11.8 Å². The van der Waals surface area contributed by atoms with Gasteiger partial charge in [-0.25, -0.2) is 0 Å². The number of carbonyl (C=O) groups excluding carboxylic acids is 2. The zero-order chi connectivity index (χ0) is 17.6. The van der Waals surface area contributed by atoms with Gasteiger partial charge in [0.15, 0.2) is 0 Å². The topological polar surface area (TPSA) is 72.6 Å². The first-order chi connectivity index (χ1) is 12.1. The second-order valence-electron chi connectivity index (χ2n) is 5.98. The summed E-state index contributed by atoms with van der Waals surface area (Å²) in [5.41, 5.74) is 8.39. The molecule has 0 aromatic heterocycles. The Hall–Kier alpha value is -3.34. The molecule has 5 nitrogen and oxygen atoms in total. The lowest BCUT2D eigenvalue weighted by atomic mass is 9.93. The third-order valence-electron chi connectivity index (χ3n) is 4.50. The minimum absolute atomic E-state index is 0.190. The molecule has 0 unspecified atom stereocenters. The van der Waals surface area contributed by atoms with Crippen LogP contribution in [0.2, 0.25) is 0 Å². The predicted molar refractivity (Wildman–Crippen MR) is 95.6 cm³/mol. The van der Waals surface area contributed by atoms with Crippen molar-refractivity contribution in [3.8, 4) is 5.75 Å². The molecule has 0 atom stereocenters. The highest BCUT2D eigenvalue weighted by Crippen LogP contribution is 2.33. The second kappa shape index (κ2) is 5.63. The maximum absolute atomic E-state index is 12.9. The molecule has 0 spiro atoms. The fourth-order valence-corrected chi connectivity index (χ4v) is 3.27. The molecule has 1 heterocycles. The number of hydrogen-bond acceptors (Lipinski definition) is 4. The molecule has 25 heavy (non-hydrogen) atoms. The molecule has 3 aromatic carbocycles. The number of nitrogens with two attached hydrogens (primary N) is 1. The molecule has 0 bridgehead atoms. The molecule has 0 radical (unpaired) electrons. The highest BCUT2D eigenvalue weighted by molar-refractivity contribution is 6.26. The largest absolute Gasteiger partial charge is 0.497 e. The Morgan fingerprint density at radius 1 is 0.960 bits per heavy atom. The van der Waals surface area contributed by atoms with Crippen molar-refractivity contribution in [2.75, 3.05) is 12.8 Å². The van der Waals surface area contributed by atoms with E-state index in [9.17, 15) is 9.59 Å². The van der Waals surface area contributed by atoms with Gasteiger partial charge in [0.1, 0.15) is 5.75 Å². The zero-order valence-electron chi connectivity index (χ0n) is 13.7. The Morgan fingerprint density at radius 2 is 1.68 bits per heavy atom. The normalized spacial score (nSPS) is 13.4. The van der Waals surface area contributed by atoms with Gasteiger partial charge in [-0.1, -0.05) is 24.3 Å². The fourth-order valence-electron chi connectivity index (χ4n) is 3.27. The fraction of sp³-hybridized carbons (Fsp3) is 0.100. The van der Waals surface area contributed by atoms with E-state index in [4.69, 9.17) is 10.5 Å². The van der Waals surface area contributed by atoms with Gasteiger partial charge in [-0.15, -0.1) is 0 Å². The van der Waals surface area contributed by atoms with Crippen molar-refractivity contribution in [1.29, 1.82) is 0 Å². The van der Waals surface area contributed by atoms with Crippen LogP contribution in [-0.2, 0) is 6.54 Å². The van der Waals surface area contributed by atoms with Crippen LogP contribution in [0.15, 0.2) is 54.6 Å². The smallest absolute Gasteiger partial charge is 0.261 e. The predicted octanol–water partition coefficient (Wildman–Crippen LogP) is 3.23. The van der Waals surface area contributed by atoms with Crippen LogP contribution in [0, 0.1) is 0 Å². The highest BCUT2D eigenvalue weighted by Gasteiger charge is 2.33. The Kier molecular flexibility index (Phi) is 3.42. The molecule has 124 valence electrons. The van der Waals surface area contributed by atoms with Crippen LogP contribution in [0.4, 0.5) is 5.69 Å². The van der Waals surface area contributed by atoms with Gasteiger partial charge < -0.3 is 10.5 Å². The third-order valence-corrected chi connectivity index (χ3v) is 4.50. The van der Waals surface area contributed by atoms with Crippen molar-refractivity contribution in [2.45, 2.75) is 6.54 Å². The molecule has 0 fully saturated rings. The molecule has 2 amide bonds. The van der Waals surface area contributed by atoms with Crippen molar-refractivity contribution in [3.05, 3.63) is 71.3 Å². The van der Waals surface area contributed by atoms with Crippen LogP contribution < -0.4 is 10.5 Å². The van der Waals surface area contributed by atoms with Crippen LogP contribution in [0.3, 0.4) is 0 Å². The highest BCUT2D eigenvalue weighted by atomic mass is 16.5. The number of benzene rings is 3. The van der Waals surface area contributed by atoms with E-state index < -0.39 is 0 Å². The van der Waals surface area contributed by atoms with E-state index in [1.807, 2.05) is 30.3 Å². The number of nitrogen functional groups attached to an aromatic ring is 1. The van der Waals surface area contributed by atoms with Crippen molar-refractivity contribution < 1.29 is 14.3 Å². The molecule has 1 aliphatic rings. The summed E-state index contributed by atoms with van der Waals surface area (Å²) < 4.78 is 5.21. The van der Waals surface area contributed by atoms with Crippen LogP contribution in [0.5, 0.6) is 5.75 Å². The van der Waals surface area contributed by atoms with Gasteiger partial charge in [-0.2, -0.15) is 0 Å². The minimum Gasteiger partial charge on any atom is -0.497 e. The first-order valence-corrected chi connectivity index (χ1v) is 7.90. The minimum atomic E-state index is -0.309. The molecular weight excluding hydrogens is 316 g/mol. The summed E-state index contributed by atoms with van der Waals surface area (Å²) in [5.74, 6) is 0.0673. The molecule has 0 saturated heterocycles. The van der Waals surface area contributed by atoms with Crippen molar-refractivity contribution in [3.63, 3.8) is 0 Å². The van der Waals surface area contributed by atoms with Crippen LogP contribution >= 0.6 is 0 Å². The Balaban J connectivity index is 1.81. The van der Waals surface area contributed by atoms with Gasteiger partial charge in [-0.3, -0.25) is 14.5 Å². The number of carbonyl (C=O) groups is 2. The number of rotatable bonds is 3. The van der Waals surface area contributed by atoms with Crippen LogP contribution in [-0.4, -0.2) is 23.8 Å². The summed E-state index contributed by atoms with van der Waals surface area (Å²) in [6.45, 7) is 0.190. The SMILES string of the molecule is COc1cccc(CN2C(=O)c3cccc4c(N)ccc(c34)C2=O)c1. The average molecular weight is 332 g/mol. The summed E-state index contributed by atoms with van der Waals surface area (Å²) in [6.07, 6.45) is 0. The van der Waals surface area contributed by atoms with E-state index in [0.717, 1.165) is 10.9 Å². The van der Waals surface area contributed by atoms with Gasteiger partial charge in [-0.05, 0) is 35.9 Å². The van der Waals surface area contributed by atoms with E-state index in [2.05, 4.69) is 0 Å². The Bertz CT molecular complexity index is 1000. The van der Waals surface area contributed by atoms with E-state index in [0.29, 0.717) is 28.0 Å². The van der Waals surface area contributed by atoms with Gasteiger partial charge in [0.05, 0.1) is 13.7 Å². The number of nitrogens with zero attached hydrogens (tertiary/aromatic N) is 1. The standard InChI is InChI=1S/C20H16N2O3/c1-25-13-5-2-4-12(10-13)11-22-19(23)15-7-3-6-14-17(21)9-8-16(18(14)15)20(22)24/h2-10H,11,21H2,1H3. The molecular formula is C20H16N2O3. The summed E-state index contributed by atoms with van der Waals surface area (Å²) in [7, 11) is 1.58. The molecule has 0 aliphatic carbocycles. The van der Waals surface area contributed by atoms with Gasteiger partial charge in [0.2, 0.25) is 0 Å². The van der Waals surface area contributed by atoms with Crippen molar-refractivity contribution >= 4 is 28.3 Å². The third kappa shape index (κ3) is 2.32. The number of hydrogen-bond donors (Lipinski definition) is 1. The summed E-state index contributed by atoms with van der Waals surface area (Å²) in [5, 5.41) is 1.37. The zero-order valence-corrected chi connectivity index (χ0v) is 13.7. The number of anilines is 1. The number of imide groups is 1. The first kappa shape index (κ1) is 15.2. The van der Waals surface area contributed by atoms with Gasteiger partial charge >= 0.3 is 0 Å². The van der Waals surface area contributed by atoms with E-state index in [-0.39, 0.29) is 18.4 Å². The van der Waals surface area contributed by atoms with Gasteiger partial charge in [0, 0.05) is 27.6 Å². The summed E-state index contributed by atoms with van der Waals surface area (Å²) >= 11 is 0. The van der Waals surface area contributed by atoms with E-state index >= 15 is 0 Å². The van der Waals surface area contributed by atoms with E-state index in [1.54, 1.807) is 31.4 Å². The second-order valence-corrected chi connectivity index (χ2v) is 5.98. The quantitative estimate of drug-likeness (QED) is 0.590. The van der Waals surface area contributed by atoms with Crippen LogP contribution in [0.25, 0.3) is 10.8 Å². The molecule has 2 N–H and O–H groups in total. The monoisotopic (exact) mass is 332 g/mol. The van der Waals surface area contributed by atoms with E-state index in [1.165, 1.54) is 4.90 Å². The number of methoxy groups -OCH3 is 1. The molecule has 1 aliphatic heterocycles. The molecule has 3 aromatic rings. The molecule has 5 heteroatoms. The average Bonchev–Trinajstić information content (AvgIpc) is 2.64. The van der Waals surface area contributed by atoms with Crippen LogP contribution in [0.1, 0.15) is 26.3 Å². The lowest BCUT2D eigenvalue weighted by molar-refractivity contribution is 0.0598. The Morgan fingerprint density at radius 3 is 2.44 bits per heavy atom. The first-order valence-electron chi connectivity index (χ1n) is 7.90. The lowest BCUT2D eigenvalue weighted by Crippen LogP contribution is -2.39. The summed E-state index contributed by atoms with van der Waals surface area (Å²) in [4.78, 5) is 27.1. The maximum Gasteiger partial charge on any atom is 0.261 e. The van der Waals surface area contributed by atoms with Crippen molar-refractivity contribution in [1.82, 2.24) is 4.90 Å². The summed E-state index contributed by atoms with van der Waals surface area (Å²) in [6, 6.07) is 16.1. The number of ether oxygens (including phenoxy) is 1. The Labute approximate surface area is 144 Å². The lowest BCUT2D eigenvalue weighted by Gasteiger charge is -2.27. The number of amides is 2. The molecule has 4 rings (SSSR count). The van der Waals surface area contributed by atoms with Crippen molar-refractivity contribution in [2.24, 2.45) is 0 Å². The molecule has 0 saturated carbocycles.